The van der Waals surface area contributed by atoms with E-state index in [1.165, 1.54) is 5.39 Å². The molecule has 0 amide bonds. The quantitative estimate of drug-likeness (QED) is 0.183. The lowest BCUT2D eigenvalue weighted by molar-refractivity contribution is 0.104. The van der Waals surface area contributed by atoms with Gasteiger partial charge < -0.3 is 14.0 Å². The molecule has 1 heterocycles. The van der Waals surface area contributed by atoms with Crippen molar-refractivity contribution in [1.82, 2.24) is 4.57 Å². The van der Waals surface area contributed by atoms with Crippen molar-refractivity contribution in [2.45, 2.75) is 6.61 Å². The van der Waals surface area contributed by atoms with E-state index in [9.17, 15) is 4.79 Å². The maximum Gasteiger partial charge on any atom is 0.185 e. The SMILES string of the molecule is COc1ccc(/C=C/C(=O)c2ccc(-n3cccc3)cc2)cc1COc1ccc2ccccc2c1. The molecule has 172 valence electrons. The van der Waals surface area contributed by atoms with Crippen molar-refractivity contribution < 1.29 is 14.3 Å². The van der Waals surface area contributed by atoms with Crippen LogP contribution in [0, 0.1) is 0 Å². The van der Waals surface area contributed by atoms with Crippen LogP contribution in [0.4, 0.5) is 0 Å². The molecule has 0 aliphatic heterocycles. The van der Waals surface area contributed by atoms with E-state index in [-0.39, 0.29) is 5.78 Å². The third-order valence-corrected chi connectivity index (χ3v) is 5.90. The van der Waals surface area contributed by atoms with E-state index in [1.54, 1.807) is 13.2 Å². The number of carbonyl (C=O) groups is 1. The van der Waals surface area contributed by atoms with Crippen molar-refractivity contribution in [3.05, 3.63) is 132 Å². The molecule has 0 aliphatic rings. The van der Waals surface area contributed by atoms with Crippen LogP contribution >= 0.6 is 0 Å². The molecule has 0 saturated carbocycles. The van der Waals surface area contributed by atoms with Crippen LogP contribution in [0.25, 0.3) is 22.5 Å². The number of nitrogens with zero attached hydrogens (tertiary/aromatic N) is 1. The maximum absolute atomic E-state index is 12.7. The van der Waals surface area contributed by atoms with Gasteiger partial charge in [0.25, 0.3) is 0 Å². The second-order valence-corrected chi connectivity index (χ2v) is 8.20. The fourth-order valence-electron chi connectivity index (χ4n) is 4.01. The summed E-state index contributed by atoms with van der Waals surface area (Å²) in [7, 11) is 1.64. The van der Waals surface area contributed by atoms with E-state index in [0.29, 0.717) is 12.2 Å². The number of hydrogen-bond donors (Lipinski definition) is 0. The molecule has 0 radical (unpaired) electrons. The molecule has 5 aromatic rings. The number of ether oxygens (including phenoxy) is 2. The van der Waals surface area contributed by atoms with Gasteiger partial charge in [0.05, 0.1) is 7.11 Å². The Labute approximate surface area is 204 Å². The van der Waals surface area contributed by atoms with Gasteiger partial charge in [-0.15, -0.1) is 0 Å². The Morgan fingerprint density at radius 1 is 0.829 bits per heavy atom. The molecule has 35 heavy (non-hydrogen) atoms. The molecule has 0 atom stereocenters. The number of benzene rings is 4. The van der Waals surface area contributed by atoms with E-state index < -0.39 is 0 Å². The van der Waals surface area contributed by atoms with E-state index in [4.69, 9.17) is 9.47 Å². The summed E-state index contributed by atoms with van der Waals surface area (Å²) in [6.07, 6.45) is 7.37. The lowest BCUT2D eigenvalue weighted by Gasteiger charge is -2.12. The molecule has 0 spiro atoms. The minimum atomic E-state index is -0.0474. The summed E-state index contributed by atoms with van der Waals surface area (Å²) in [4.78, 5) is 12.7. The van der Waals surface area contributed by atoms with Crippen molar-refractivity contribution in [3.63, 3.8) is 0 Å². The standard InChI is InChI=1S/C31H25NO3/c1-34-31-17-9-23(8-16-30(33)25-10-13-28(14-11-25)32-18-4-5-19-32)20-27(31)22-35-29-15-12-24-6-2-3-7-26(24)21-29/h2-21H,22H2,1H3/b16-8+. The third-order valence-electron chi connectivity index (χ3n) is 5.90. The molecule has 0 bridgehead atoms. The zero-order valence-corrected chi connectivity index (χ0v) is 19.4. The minimum Gasteiger partial charge on any atom is -0.496 e. The average molecular weight is 460 g/mol. The Kier molecular flexibility index (Phi) is 6.44. The van der Waals surface area contributed by atoms with Gasteiger partial charge >= 0.3 is 0 Å². The fraction of sp³-hybridized carbons (Fsp3) is 0.0645. The van der Waals surface area contributed by atoms with Gasteiger partial charge in [-0.2, -0.15) is 0 Å². The summed E-state index contributed by atoms with van der Waals surface area (Å²) in [5.74, 6) is 1.49. The summed E-state index contributed by atoms with van der Waals surface area (Å²) < 4.78 is 13.6. The van der Waals surface area contributed by atoms with E-state index >= 15 is 0 Å². The van der Waals surface area contributed by atoms with Crippen molar-refractivity contribution in [1.29, 1.82) is 0 Å². The van der Waals surface area contributed by atoms with Crippen LogP contribution in [0.15, 0.2) is 116 Å². The first kappa shape index (κ1) is 22.2. The number of rotatable bonds is 8. The van der Waals surface area contributed by atoms with Crippen LogP contribution in [0.1, 0.15) is 21.5 Å². The molecule has 0 unspecified atom stereocenters. The second-order valence-electron chi connectivity index (χ2n) is 8.20. The number of fused-ring (bicyclic) bond motifs is 1. The van der Waals surface area contributed by atoms with Crippen LogP contribution in [0.5, 0.6) is 11.5 Å². The van der Waals surface area contributed by atoms with Gasteiger partial charge in [0.2, 0.25) is 0 Å². The topological polar surface area (TPSA) is 40.5 Å². The van der Waals surface area contributed by atoms with Crippen molar-refractivity contribution in [3.8, 4) is 17.2 Å². The smallest absolute Gasteiger partial charge is 0.185 e. The van der Waals surface area contributed by atoms with Crippen LogP contribution in [-0.4, -0.2) is 17.5 Å². The lowest BCUT2D eigenvalue weighted by atomic mass is 10.1. The molecule has 4 nitrogen and oxygen atoms in total. The molecule has 4 aromatic carbocycles. The Balaban J connectivity index is 1.29. The van der Waals surface area contributed by atoms with Gasteiger partial charge in [-0.1, -0.05) is 42.5 Å². The summed E-state index contributed by atoms with van der Waals surface area (Å²) in [6.45, 7) is 0.359. The first-order valence-electron chi connectivity index (χ1n) is 11.4. The van der Waals surface area contributed by atoms with Gasteiger partial charge in [-0.3, -0.25) is 4.79 Å². The van der Waals surface area contributed by atoms with Crippen LogP contribution < -0.4 is 9.47 Å². The number of ketones is 1. The van der Waals surface area contributed by atoms with Gasteiger partial charge in [0, 0.05) is 29.2 Å². The number of carbonyl (C=O) groups excluding carboxylic acids is 1. The molecule has 0 saturated heterocycles. The Morgan fingerprint density at radius 2 is 1.60 bits per heavy atom. The molecule has 0 N–H and O–H groups in total. The predicted octanol–water partition coefficient (Wildman–Crippen LogP) is 7.11. The molecule has 4 heteroatoms. The molecule has 0 aliphatic carbocycles. The van der Waals surface area contributed by atoms with Crippen LogP contribution in [0.2, 0.25) is 0 Å². The summed E-state index contributed by atoms with van der Waals surface area (Å²) in [5, 5.41) is 2.31. The molecular formula is C31H25NO3. The van der Waals surface area contributed by atoms with Crippen LogP contribution in [-0.2, 0) is 6.61 Å². The zero-order valence-electron chi connectivity index (χ0n) is 19.4. The maximum atomic E-state index is 12.7. The fourth-order valence-corrected chi connectivity index (χ4v) is 4.01. The number of aromatic nitrogens is 1. The number of hydrogen-bond acceptors (Lipinski definition) is 3. The number of methoxy groups -OCH3 is 1. The Hall–Kier alpha value is -4.57. The Bertz CT molecular complexity index is 1480. The largest absolute Gasteiger partial charge is 0.496 e. The number of allylic oxidation sites excluding steroid dienone is 1. The van der Waals surface area contributed by atoms with E-state index in [1.807, 2.05) is 102 Å². The monoisotopic (exact) mass is 459 g/mol. The van der Waals surface area contributed by atoms with Crippen LogP contribution in [0.3, 0.4) is 0 Å². The van der Waals surface area contributed by atoms with E-state index in [0.717, 1.165) is 33.7 Å². The first-order chi connectivity index (χ1) is 17.2. The average Bonchev–Trinajstić information content (AvgIpc) is 3.46. The molecular weight excluding hydrogens is 434 g/mol. The molecule has 1 aromatic heterocycles. The molecule has 0 fully saturated rings. The highest BCUT2D eigenvalue weighted by molar-refractivity contribution is 6.06. The van der Waals surface area contributed by atoms with Gasteiger partial charge in [-0.25, -0.2) is 0 Å². The Morgan fingerprint density at radius 3 is 2.37 bits per heavy atom. The van der Waals surface area contributed by atoms with Gasteiger partial charge in [0.15, 0.2) is 5.78 Å². The molecule has 5 rings (SSSR count). The minimum absolute atomic E-state index is 0.0474. The van der Waals surface area contributed by atoms with E-state index in [2.05, 4.69) is 18.2 Å². The highest BCUT2D eigenvalue weighted by Crippen LogP contribution is 2.25. The van der Waals surface area contributed by atoms with Crippen molar-refractivity contribution in [2.24, 2.45) is 0 Å². The summed E-state index contributed by atoms with van der Waals surface area (Å²) in [6, 6.07) is 31.6. The normalized spacial score (nSPS) is 11.1. The lowest BCUT2D eigenvalue weighted by Crippen LogP contribution is -1.99. The second kappa shape index (κ2) is 10.1. The van der Waals surface area contributed by atoms with Gasteiger partial charge in [0.1, 0.15) is 18.1 Å². The third kappa shape index (κ3) is 5.17. The predicted molar refractivity (Wildman–Crippen MR) is 140 cm³/mol. The summed E-state index contributed by atoms with van der Waals surface area (Å²) in [5.41, 5.74) is 3.47. The van der Waals surface area contributed by atoms with Crippen molar-refractivity contribution >= 4 is 22.6 Å². The van der Waals surface area contributed by atoms with Gasteiger partial charge in [-0.05, 0) is 83.1 Å². The zero-order chi connectivity index (χ0) is 24.0. The summed E-state index contributed by atoms with van der Waals surface area (Å²) >= 11 is 0. The highest BCUT2D eigenvalue weighted by Gasteiger charge is 2.07. The highest BCUT2D eigenvalue weighted by atomic mass is 16.5. The van der Waals surface area contributed by atoms with Crippen molar-refractivity contribution in [2.75, 3.05) is 7.11 Å². The first-order valence-corrected chi connectivity index (χ1v) is 11.4.